The van der Waals surface area contributed by atoms with Crippen molar-refractivity contribution in [1.29, 1.82) is 0 Å². The van der Waals surface area contributed by atoms with Crippen molar-refractivity contribution in [1.82, 2.24) is 14.7 Å². The molecule has 0 unspecified atom stereocenters. The molecule has 0 amide bonds. The standard InChI is InChI=1S/C16H31N3S2/c1-17-8-4-16(5-9-17)14-19(7-3-6-18(16)2)15-12-20-10-11-21-13-15/h15H,3-14H2,1-2H3. The van der Waals surface area contributed by atoms with Crippen LogP contribution in [0.4, 0.5) is 0 Å². The first-order valence-corrected chi connectivity index (χ1v) is 10.8. The molecule has 0 aromatic heterocycles. The van der Waals surface area contributed by atoms with Crippen LogP contribution in [0.5, 0.6) is 0 Å². The van der Waals surface area contributed by atoms with Gasteiger partial charge >= 0.3 is 0 Å². The third kappa shape index (κ3) is 3.92. The van der Waals surface area contributed by atoms with Gasteiger partial charge in [0.05, 0.1) is 0 Å². The molecule has 5 heteroatoms. The monoisotopic (exact) mass is 329 g/mol. The van der Waals surface area contributed by atoms with Crippen LogP contribution in [0.15, 0.2) is 0 Å². The van der Waals surface area contributed by atoms with Gasteiger partial charge in [-0.1, -0.05) is 0 Å². The van der Waals surface area contributed by atoms with Crippen molar-refractivity contribution in [2.45, 2.75) is 30.8 Å². The smallest absolute Gasteiger partial charge is 0.0357 e. The first kappa shape index (κ1) is 16.4. The molecule has 3 rings (SSSR count). The summed E-state index contributed by atoms with van der Waals surface area (Å²) < 4.78 is 0. The zero-order chi connectivity index (χ0) is 14.7. The van der Waals surface area contributed by atoms with E-state index in [9.17, 15) is 0 Å². The fraction of sp³-hybridized carbons (Fsp3) is 1.00. The molecule has 0 aromatic carbocycles. The second-order valence-electron chi connectivity index (χ2n) is 7.08. The lowest BCUT2D eigenvalue weighted by Gasteiger charge is -2.48. The predicted molar refractivity (Wildman–Crippen MR) is 96.7 cm³/mol. The quantitative estimate of drug-likeness (QED) is 0.725. The van der Waals surface area contributed by atoms with Crippen LogP contribution in [0, 0.1) is 0 Å². The van der Waals surface area contributed by atoms with E-state index in [1.54, 1.807) is 0 Å². The van der Waals surface area contributed by atoms with Crippen LogP contribution in [0.3, 0.4) is 0 Å². The number of likely N-dealkylation sites (N-methyl/N-ethyl adjacent to an activating group) is 1. The first-order chi connectivity index (χ1) is 10.2. The summed E-state index contributed by atoms with van der Waals surface area (Å²) in [5.74, 6) is 5.41. The molecule has 0 N–H and O–H groups in total. The van der Waals surface area contributed by atoms with Crippen LogP contribution in [0.2, 0.25) is 0 Å². The Labute approximate surface area is 139 Å². The van der Waals surface area contributed by atoms with Crippen LogP contribution in [0.25, 0.3) is 0 Å². The van der Waals surface area contributed by atoms with E-state index >= 15 is 0 Å². The van der Waals surface area contributed by atoms with E-state index < -0.39 is 0 Å². The molecule has 3 aliphatic heterocycles. The van der Waals surface area contributed by atoms with Gasteiger partial charge in [-0.2, -0.15) is 23.5 Å². The highest BCUT2D eigenvalue weighted by Crippen LogP contribution is 2.33. The molecule has 3 aliphatic rings. The Kier molecular flexibility index (Phi) is 5.82. The zero-order valence-electron chi connectivity index (χ0n) is 13.7. The Bertz CT molecular complexity index is 323. The molecule has 0 atom stereocenters. The normalized spacial score (nSPS) is 31.1. The van der Waals surface area contributed by atoms with E-state index in [1.165, 1.54) is 75.0 Å². The molecule has 3 nitrogen and oxygen atoms in total. The van der Waals surface area contributed by atoms with E-state index in [-0.39, 0.29) is 0 Å². The summed E-state index contributed by atoms with van der Waals surface area (Å²) in [4.78, 5) is 8.07. The maximum Gasteiger partial charge on any atom is 0.0357 e. The summed E-state index contributed by atoms with van der Waals surface area (Å²) in [6.07, 6.45) is 4.05. The zero-order valence-corrected chi connectivity index (χ0v) is 15.4. The van der Waals surface area contributed by atoms with Gasteiger partial charge in [-0.3, -0.25) is 9.80 Å². The van der Waals surface area contributed by atoms with Crippen LogP contribution in [-0.2, 0) is 0 Å². The molecule has 3 saturated heterocycles. The summed E-state index contributed by atoms with van der Waals surface area (Å²) in [5, 5.41) is 0. The van der Waals surface area contributed by atoms with Gasteiger partial charge in [-0.05, 0) is 59.5 Å². The Hall–Kier alpha value is 0.580. The third-order valence-corrected chi connectivity index (χ3v) is 8.16. The van der Waals surface area contributed by atoms with Gasteiger partial charge in [0.2, 0.25) is 0 Å². The number of hydrogen-bond acceptors (Lipinski definition) is 5. The second-order valence-corrected chi connectivity index (χ2v) is 9.38. The average molecular weight is 330 g/mol. The number of nitrogens with zero attached hydrogens (tertiary/aromatic N) is 3. The predicted octanol–water partition coefficient (Wildman–Crippen LogP) is 1.94. The van der Waals surface area contributed by atoms with Crippen LogP contribution in [-0.4, -0.2) is 96.1 Å². The SMILES string of the molecule is CN1CCC2(CC1)CN(C1CSCCSC1)CCCN2C. The Morgan fingerprint density at radius 1 is 0.905 bits per heavy atom. The minimum atomic E-state index is 0.449. The molecular formula is C16H31N3S2. The van der Waals surface area contributed by atoms with Gasteiger partial charge in [-0.25, -0.2) is 0 Å². The number of thioether (sulfide) groups is 2. The lowest BCUT2D eigenvalue weighted by Crippen LogP contribution is -2.59. The highest BCUT2D eigenvalue weighted by Gasteiger charge is 2.41. The number of piperidine rings is 1. The highest BCUT2D eigenvalue weighted by molar-refractivity contribution is 8.03. The maximum atomic E-state index is 2.86. The third-order valence-electron chi connectivity index (χ3n) is 5.67. The molecular weight excluding hydrogens is 298 g/mol. The summed E-state index contributed by atoms with van der Waals surface area (Å²) >= 11 is 4.35. The largest absolute Gasteiger partial charge is 0.306 e. The average Bonchev–Trinajstić information content (AvgIpc) is 2.84. The van der Waals surface area contributed by atoms with E-state index in [4.69, 9.17) is 0 Å². The van der Waals surface area contributed by atoms with E-state index in [2.05, 4.69) is 52.3 Å². The molecule has 0 aliphatic carbocycles. The first-order valence-electron chi connectivity index (χ1n) is 8.49. The van der Waals surface area contributed by atoms with Crippen molar-refractivity contribution < 1.29 is 0 Å². The Morgan fingerprint density at radius 2 is 1.57 bits per heavy atom. The lowest BCUT2D eigenvalue weighted by atomic mass is 9.85. The van der Waals surface area contributed by atoms with Crippen LogP contribution >= 0.6 is 23.5 Å². The van der Waals surface area contributed by atoms with E-state index in [0.29, 0.717) is 5.54 Å². The highest BCUT2D eigenvalue weighted by atomic mass is 32.2. The van der Waals surface area contributed by atoms with E-state index in [0.717, 1.165) is 6.04 Å². The molecule has 0 radical (unpaired) electrons. The van der Waals surface area contributed by atoms with Crippen LogP contribution in [0.1, 0.15) is 19.3 Å². The molecule has 3 fully saturated rings. The van der Waals surface area contributed by atoms with Gasteiger partial charge in [-0.15, -0.1) is 0 Å². The van der Waals surface area contributed by atoms with E-state index in [1.807, 2.05) is 0 Å². The van der Waals surface area contributed by atoms with Crippen molar-refractivity contribution >= 4 is 23.5 Å². The fourth-order valence-corrected chi connectivity index (χ4v) is 6.65. The minimum absolute atomic E-state index is 0.449. The molecule has 122 valence electrons. The summed E-state index contributed by atoms with van der Waals surface area (Å²) in [5.41, 5.74) is 0.449. The Morgan fingerprint density at radius 3 is 2.24 bits per heavy atom. The fourth-order valence-electron chi connectivity index (χ4n) is 4.03. The summed E-state index contributed by atoms with van der Waals surface area (Å²) in [6, 6.07) is 0.811. The van der Waals surface area contributed by atoms with Crippen LogP contribution < -0.4 is 0 Å². The summed E-state index contributed by atoms with van der Waals surface area (Å²) in [7, 11) is 4.66. The van der Waals surface area contributed by atoms with Crippen molar-refractivity contribution in [3.8, 4) is 0 Å². The van der Waals surface area contributed by atoms with Gasteiger partial charge in [0, 0.05) is 41.1 Å². The van der Waals surface area contributed by atoms with Gasteiger partial charge in [0.15, 0.2) is 0 Å². The van der Waals surface area contributed by atoms with Gasteiger partial charge in [0.1, 0.15) is 0 Å². The molecule has 0 saturated carbocycles. The molecule has 0 bridgehead atoms. The number of rotatable bonds is 1. The van der Waals surface area contributed by atoms with Crippen molar-refractivity contribution in [2.24, 2.45) is 0 Å². The summed E-state index contributed by atoms with van der Waals surface area (Å²) in [6.45, 7) is 6.45. The van der Waals surface area contributed by atoms with Crippen molar-refractivity contribution in [3.05, 3.63) is 0 Å². The van der Waals surface area contributed by atoms with Gasteiger partial charge < -0.3 is 4.90 Å². The minimum Gasteiger partial charge on any atom is -0.306 e. The Balaban J connectivity index is 1.70. The number of likely N-dealkylation sites (tertiary alicyclic amines) is 1. The number of hydrogen-bond donors (Lipinski definition) is 0. The van der Waals surface area contributed by atoms with Gasteiger partial charge in [0.25, 0.3) is 0 Å². The maximum absolute atomic E-state index is 2.86. The molecule has 1 spiro atoms. The lowest BCUT2D eigenvalue weighted by molar-refractivity contribution is 0.0299. The van der Waals surface area contributed by atoms with Crippen molar-refractivity contribution in [2.75, 3.05) is 69.8 Å². The van der Waals surface area contributed by atoms with Crippen molar-refractivity contribution in [3.63, 3.8) is 0 Å². The second kappa shape index (κ2) is 7.43. The molecule has 3 heterocycles. The molecule has 21 heavy (non-hydrogen) atoms. The topological polar surface area (TPSA) is 9.72 Å². The molecule has 0 aromatic rings.